The zero-order chi connectivity index (χ0) is 14.2. The number of hydrogen-bond donors (Lipinski definition) is 0. The van der Waals surface area contributed by atoms with Crippen LogP contribution in [0, 0.1) is 0 Å². The smallest absolute Gasteiger partial charge is 0.246 e. The van der Waals surface area contributed by atoms with Gasteiger partial charge in [-0.1, -0.05) is 24.3 Å². The number of halogens is 1. The second-order valence-electron chi connectivity index (χ2n) is 4.67. The lowest BCUT2D eigenvalue weighted by atomic mass is 10.1. The van der Waals surface area contributed by atoms with Crippen molar-refractivity contribution in [3.63, 3.8) is 0 Å². The minimum Gasteiger partial charge on any atom is -0.270 e. The molecule has 1 aliphatic heterocycles. The number of aromatic nitrogens is 2. The van der Waals surface area contributed by atoms with Crippen LogP contribution in [0.4, 0.5) is 0 Å². The fourth-order valence-electron chi connectivity index (χ4n) is 2.31. The highest BCUT2D eigenvalue weighted by Crippen LogP contribution is 2.28. The van der Waals surface area contributed by atoms with Gasteiger partial charge in [0.1, 0.15) is 4.90 Å². The minimum absolute atomic E-state index is 0.218. The van der Waals surface area contributed by atoms with E-state index in [1.165, 1.54) is 16.7 Å². The number of fused-ring (bicyclic) bond motifs is 1. The molecule has 0 saturated carbocycles. The summed E-state index contributed by atoms with van der Waals surface area (Å²) in [5, 5.41) is 4.02. The van der Waals surface area contributed by atoms with E-state index in [2.05, 4.69) is 5.10 Å². The van der Waals surface area contributed by atoms with E-state index in [1.54, 1.807) is 4.68 Å². The molecular weight excluding hydrogens is 298 g/mol. The number of nitrogens with zero attached hydrogens (tertiary/aromatic N) is 3. The molecule has 3 rings (SSSR count). The molecule has 106 valence electrons. The Labute approximate surface area is 122 Å². The third-order valence-corrected chi connectivity index (χ3v) is 5.29. The molecule has 7 heteroatoms. The van der Waals surface area contributed by atoms with Gasteiger partial charge in [-0.15, -0.1) is 11.6 Å². The maximum Gasteiger partial charge on any atom is 0.246 e. The average Bonchev–Trinajstić information content (AvgIpc) is 3.05. The Hall–Kier alpha value is -1.37. The molecule has 0 atom stereocenters. The van der Waals surface area contributed by atoms with E-state index >= 15 is 0 Å². The Morgan fingerprint density at radius 3 is 2.45 bits per heavy atom. The van der Waals surface area contributed by atoms with E-state index < -0.39 is 10.0 Å². The van der Waals surface area contributed by atoms with Gasteiger partial charge in [0.2, 0.25) is 10.0 Å². The number of aryl methyl sites for hydroxylation is 1. The Morgan fingerprint density at radius 2 is 1.85 bits per heavy atom. The van der Waals surface area contributed by atoms with Gasteiger partial charge >= 0.3 is 0 Å². The molecule has 1 aliphatic rings. The second kappa shape index (κ2) is 5.20. The predicted octanol–water partition coefficient (Wildman–Crippen LogP) is 1.83. The number of benzene rings is 1. The van der Waals surface area contributed by atoms with E-state index in [-0.39, 0.29) is 4.90 Å². The summed E-state index contributed by atoms with van der Waals surface area (Å²) in [5.74, 6) is 0.399. The number of alkyl halides is 1. The lowest BCUT2D eigenvalue weighted by molar-refractivity contribution is 0.431. The van der Waals surface area contributed by atoms with Crippen LogP contribution in [0.25, 0.3) is 0 Å². The highest BCUT2D eigenvalue weighted by Gasteiger charge is 2.31. The van der Waals surface area contributed by atoms with Crippen molar-refractivity contribution in [2.45, 2.75) is 24.5 Å². The molecule has 1 aromatic carbocycles. The molecule has 0 fully saturated rings. The Bertz CT molecular complexity index is 702. The van der Waals surface area contributed by atoms with Crippen LogP contribution in [0.15, 0.2) is 41.6 Å². The second-order valence-corrected chi connectivity index (χ2v) is 6.99. The number of sulfonamides is 1. The highest BCUT2D eigenvalue weighted by molar-refractivity contribution is 7.89. The first kappa shape index (κ1) is 13.6. The summed E-state index contributed by atoms with van der Waals surface area (Å²) in [6, 6.07) is 7.77. The van der Waals surface area contributed by atoms with Gasteiger partial charge in [-0.25, -0.2) is 8.42 Å². The normalized spacial score (nSPS) is 15.4. The van der Waals surface area contributed by atoms with Crippen molar-refractivity contribution >= 4 is 21.6 Å². The van der Waals surface area contributed by atoms with E-state index in [0.29, 0.717) is 25.5 Å². The summed E-state index contributed by atoms with van der Waals surface area (Å²) in [5.41, 5.74) is 2.12. The third kappa shape index (κ3) is 2.34. The topological polar surface area (TPSA) is 55.2 Å². The molecule has 0 radical (unpaired) electrons. The van der Waals surface area contributed by atoms with E-state index in [4.69, 9.17) is 11.6 Å². The van der Waals surface area contributed by atoms with Crippen LogP contribution in [0.1, 0.15) is 11.1 Å². The van der Waals surface area contributed by atoms with Gasteiger partial charge in [0.25, 0.3) is 0 Å². The van der Waals surface area contributed by atoms with Crippen LogP contribution < -0.4 is 0 Å². The molecule has 0 aliphatic carbocycles. The Kier molecular flexibility index (Phi) is 3.54. The van der Waals surface area contributed by atoms with E-state index in [9.17, 15) is 8.42 Å². The third-order valence-electron chi connectivity index (χ3n) is 3.37. The van der Waals surface area contributed by atoms with Gasteiger partial charge in [0, 0.05) is 25.2 Å². The van der Waals surface area contributed by atoms with E-state index in [1.807, 2.05) is 24.3 Å². The molecule has 0 bridgehead atoms. The summed E-state index contributed by atoms with van der Waals surface area (Å²) in [7, 11) is -3.50. The summed E-state index contributed by atoms with van der Waals surface area (Å²) in [6.45, 7) is 1.33. The lowest BCUT2D eigenvalue weighted by Crippen LogP contribution is -2.25. The van der Waals surface area contributed by atoms with Crippen molar-refractivity contribution in [1.82, 2.24) is 14.1 Å². The predicted molar refractivity (Wildman–Crippen MR) is 75.8 cm³/mol. The monoisotopic (exact) mass is 311 g/mol. The van der Waals surface area contributed by atoms with Gasteiger partial charge in [-0.3, -0.25) is 4.68 Å². The molecule has 0 amide bonds. The lowest BCUT2D eigenvalue weighted by Gasteiger charge is -2.13. The first-order valence-corrected chi connectivity index (χ1v) is 8.24. The minimum atomic E-state index is -3.50. The maximum atomic E-state index is 12.6. The molecule has 0 saturated heterocycles. The van der Waals surface area contributed by atoms with Crippen LogP contribution in [0.3, 0.4) is 0 Å². The van der Waals surface area contributed by atoms with Crippen LogP contribution in [0.2, 0.25) is 0 Å². The largest absolute Gasteiger partial charge is 0.270 e. The first-order chi connectivity index (χ1) is 9.61. The summed E-state index contributed by atoms with van der Waals surface area (Å²) < 4.78 is 28.1. The van der Waals surface area contributed by atoms with Crippen molar-refractivity contribution in [2.24, 2.45) is 0 Å². The van der Waals surface area contributed by atoms with Crippen LogP contribution >= 0.6 is 11.6 Å². The van der Waals surface area contributed by atoms with Gasteiger partial charge in [-0.2, -0.15) is 9.40 Å². The summed E-state index contributed by atoms with van der Waals surface area (Å²) in [6.07, 6.45) is 2.91. The highest BCUT2D eigenvalue weighted by atomic mass is 35.5. The van der Waals surface area contributed by atoms with Crippen LogP contribution in [-0.2, 0) is 29.7 Å². The molecule has 1 aromatic heterocycles. The molecule has 0 spiro atoms. The van der Waals surface area contributed by atoms with Crippen molar-refractivity contribution in [1.29, 1.82) is 0 Å². The molecule has 0 unspecified atom stereocenters. The van der Waals surface area contributed by atoms with Gasteiger partial charge in [0.15, 0.2) is 0 Å². The molecule has 0 N–H and O–H groups in total. The molecule has 2 aromatic rings. The average molecular weight is 312 g/mol. The Balaban J connectivity index is 1.86. The zero-order valence-electron chi connectivity index (χ0n) is 10.7. The fourth-order valence-corrected chi connectivity index (χ4v) is 3.83. The van der Waals surface area contributed by atoms with Crippen LogP contribution in [0.5, 0.6) is 0 Å². The van der Waals surface area contributed by atoms with Crippen LogP contribution in [-0.4, -0.2) is 28.4 Å². The van der Waals surface area contributed by atoms with Crippen molar-refractivity contribution in [3.8, 4) is 0 Å². The van der Waals surface area contributed by atoms with E-state index in [0.717, 1.165) is 11.1 Å². The van der Waals surface area contributed by atoms with Crippen molar-refractivity contribution in [3.05, 3.63) is 47.8 Å². The van der Waals surface area contributed by atoms with Gasteiger partial charge in [-0.05, 0) is 11.1 Å². The van der Waals surface area contributed by atoms with Crippen molar-refractivity contribution < 1.29 is 8.42 Å². The number of rotatable bonds is 4. The number of hydrogen-bond acceptors (Lipinski definition) is 3. The molecule has 2 heterocycles. The van der Waals surface area contributed by atoms with Gasteiger partial charge < -0.3 is 0 Å². The standard InChI is InChI=1S/C13H14ClN3O2S/c14-5-6-16-10-13(7-15-16)20(18,19)17-8-11-3-1-2-4-12(11)9-17/h1-4,7,10H,5-6,8-9H2. The molecular formula is C13H14ClN3O2S. The fraction of sp³-hybridized carbons (Fsp3) is 0.308. The van der Waals surface area contributed by atoms with Gasteiger partial charge in [0.05, 0.1) is 12.7 Å². The summed E-state index contributed by atoms with van der Waals surface area (Å²) >= 11 is 5.63. The first-order valence-electron chi connectivity index (χ1n) is 6.26. The Morgan fingerprint density at radius 1 is 1.20 bits per heavy atom. The maximum absolute atomic E-state index is 12.6. The quantitative estimate of drug-likeness (QED) is 0.809. The summed E-state index contributed by atoms with van der Waals surface area (Å²) in [4.78, 5) is 0.218. The zero-order valence-corrected chi connectivity index (χ0v) is 12.3. The SMILES string of the molecule is O=S(=O)(c1cnn(CCCl)c1)N1Cc2ccccc2C1. The molecule has 20 heavy (non-hydrogen) atoms. The molecule has 5 nitrogen and oxygen atoms in total. The van der Waals surface area contributed by atoms with Crippen molar-refractivity contribution in [2.75, 3.05) is 5.88 Å².